The number of rotatable bonds is 8. The van der Waals surface area contributed by atoms with Gasteiger partial charge in [-0.25, -0.2) is 0 Å². The molecule has 0 saturated heterocycles. The minimum Gasteiger partial charge on any atom is -0.386 e. The van der Waals surface area contributed by atoms with Crippen molar-refractivity contribution in [3.05, 3.63) is 194 Å². The number of hydrogen-bond acceptors (Lipinski definition) is 2. The van der Waals surface area contributed by atoms with Crippen LogP contribution in [0.1, 0.15) is 267 Å². The summed E-state index contributed by atoms with van der Waals surface area (Å²) in [5.74, 6) is 0. The third-order valence-corrected chi connectivity index (χ3v) is 23.1. The molecule has 528 valence electrons. The van der Waals surface area contributed by atoms with Crippen LogP contribution < -0.4 is 0 Å². The van der Waals surface area contributed by atoms with E-state index in [9.17, 15) is 10.2 Å². The number of fused-ring (bicyclic) bond motifs is 6. The maximum Gasteiger partial charge on any atom is 0.103 e. The molecular weight excluding hydrogens is 1340 g/mol. The average molecular weight is 1480 g/mol. The van der Waals surface area contributed by atoms with Crippen molar-refractivity contribution < 1.29 is 36.1 Å². The molecule has 0 saturated carbocycles. The van der Waals surface area contributed by atoms with Crippen LogP contribution in [0.2, 0.25) is 0 Å². The van der Waals surface area contributed by atoms with Crippen molar-refractivity contribution in [1.82, 2.24) is 9.13 Å². The molecule has 8 aromatic rings. The Labute approximate surface area is 611 Å². The molecular formula is C92H132HfN2O2-2. The molecule has 2 aliphatic carbocycles. The summed E-state index contributed by atoms with van der Waals surface area (Å²) in [4.78, 5) is 0. The van der Waals surface area contributed by atoms with Gasteiger partial charge in [0.05, 0.1) is 11.1 Å². The van der Waals surface area contributed by atoms with Gasteiger partial charge >= 0.3 is 0 Å². The Morgan fingerprint density at radius 2 is 0.577 bits per heavy atom. The third kappa shape index (κ3) is 14.8. The Kier molecular flexibility index (Phi) is 22.2. The van der Waals surface area contributed by atoms with Gasteiger partial charge in [-0.2, -0.15) is 0 Å². The van der Waals surface area contributed by atoms with E-state index in [1.807, 2.05) is 0 Å². The van der Waals surface area contributed by atoms with Crippen molar-refractivity contribution in [2.24, 2.45) is 43.3 Å². The molecule has 2 aromatic heterocycles. The summed E-state index contributed by atoms with van der Waals surface area (Å²) in [6, 6.07) is 49.6. The van der Waals surface area contributed by atoms with Gasteiger partial charge in [-0.05, 0) is 187 Å². The van der Waals surface area contributed by atoms with Gasteiger partial charge in [0.25, 0.3) is 0 Å². The summed E-state index contributed by atoms with van der Waals surface area (Å²) in [5.41, 5.74) is 12.8. The van der Waals surface area contributed by atoms with E-state index in [4.69, 9.17) is 0 Å². The fourth-order valence-electron chi connectivity index (χ4n) is 18.8. The number of aliphatic hydroxyl groups is 2. The van der Waals surface area contributed by atoms with Crippen LogP contribution in [0.5, 0.6) is 0 Å². The molecule has 2 aliphatic rings. The number of hydrogen-bond donors (Lipinski definition) is 2. The molecule has 0 aliphatic heterocycles. The Morgan fingerprint density at radius 1 is 0.351 bits per heavy atom. The third-order valence-electron chi connectivity index (χ3n) is 23.1. The summed E-state index contributed by atoms with van der Waals surface area (Å²) in [6.45, 7) is 71.0. The van der Waals surface area contributed by atoms with Crippen molar-refractivity contribution in [3.63, 3.8) is 0 Å². The van der Waals surface area contributed by atoms with Crippen LogP contribution in [-0.4, -0.2) is 31.6 Å². The Bertz CT molecular complexity index is 3750. The molecule has 4 nitrogen and oxygen atoms in total. The van der Waals surface area contributed by atoms with Crippen molar-refractivity contribution >= 4 is 54.8 Å². The summed E-state index contributed by atoms with van der Waals surface area (Å²) < 4.78 is 5.09. The van der Waals surface area contributed by atoms with Crippen molar-refractivity contribution in [2.45, 2.75) is 278 Å². The van der Waals surface area contributed by atoms with Crippen LogP contribution in [0.3, 0.4) is 0 Å². The molecule has 5 heteroatoms. The summed E-state index contributed by atoms with van der Waals surface area (Å²) >= 11 is 0. The van der Waals surface area contributed by atoms with Crippen LogP contribution in [0.15, 0.2) is 146 Å². The van der Waals surface area contributed by atoms with Crippen LogP contribution in [0.25, 0.3) is 54.8 Å². The minimum atomic E-state index is -0.700. The molecule has 0 fully saturated rings. The largest absolute Gasteiger partial charge is 0.386 e. The van der Waals surface area contributed by atoms with Crippen LogP contribution >= 0.6 is 0 Å². The van der Waals surface area contributed by atoms with Crippen molar-refractivity contribution in [2.75, 3.05) is 0 Å². The fraction of sp³-hybridized carbons (Fsp3) is 0.543. The van der Waals surface area contributed by atoms with Gasteiger partial charge in [0.1, 0.15) is 12.2 Å². The molecule has 10 rings (SSSR count). The summed E-state index contributed by atoms with van der Waals surface area (Å²) in [7, 11) is 0. The first-order valence-electron chi connectivity index (χ1n) is 35.8. The second kappa shape index (κ2) is 26.5. The summed E-state index contributed by atoms with van der Waals surface area (Å²) in [5, 5.41) is 30.9. The molecule has 0 bridgehead atoms. The monoisotopic (exact) mass is 1480 g/mol. The van der Waals surface area contributed by atoms with Gasteiger partial charge in [0.15, 0.2) is 0 Å². The predicted molar refractivity (Wildman–Crippen MR) is 423 cm³/mol. The molecule has 2 N–H and O–H groups in total. The molecule has 6 atom stereocenters. The van der Waals surface area contributed by atoms with Crippen LogP contribution in [0.4, 0.5) is 0 Å². The molecule has 6 aromatic carbocycles. The first-order valence-corrected chi connectivity index (χ1v) is 35.8. The Hall–Kier alpha value is -4.81. The molecule has 0 radical (unpaired) electrons. The SMILES string of the molecule is CC(C)(C)CC(C)(C)C1(C(C)(C)C)C=C(c2ccccc2)C(O)C(C)(n2c3ccc(C(C)(C)C)cc3c3cc(C(C)(C)C)ccc32)C1.CC(C)(C)CC(C)(C)C1(C(C)(C)C)C=C(c2ccccc2)C(O)C(C)(n2c3ccc(C(C)(C)C)cc3c3cc(C(C)(C)C)ccc32)C1.[CH3-].[CH3-].[Hf]. The molecule has 97 heavy (non-hydrogen) atoms. The first kappa shape index (κ1) is 81.2. The number of allylic oxidation sites excluding steroid dienone is 2. The number of nitrogens with zero attached hydrogens (tertiary/aromatic N) is 2. The number of aromatic nitrogens is 2. The van der Waals surface area contributed by atoms with Gasteiger partial charge in [0, 0.05) is 80.3 Å². The molecule has 2 heterocycles. The predicted octanol–water partition coefficient (Wildman–Crippen LogP) is 25.8. The van der Waals surface area contributed by atoms with E-state index < -0.39 is 23.3 Å². The van der Waals surface area contributed by atoms with Gasteiger partial charge in [-0.1, -0.05) is 291 Å². The second-order valence-corrected chi connectivity index (χ2v) is 40.1. The molecule has 0 amide bonds. The van der Waals surface area contributed by atoms with Crippen LogP contribution in [-0.2, 0) is 58.6 Å². The van der Waals surface area contributed by atoms with Crippen molar-refractivity contribution in [1.29, 1.82) is 0 Å². The minimum absolute atomic E-state index is 0. The molecule has 6 unspecified atom stereocenters. The van der Waals surface area contributed by atoms with Gasteiger partial charge in [-0.15, -0.1) is 0 Å². The van der Waals surface area contributed by atoms with Gasteiger partial charge < -0.3 is 34.2 Å². The zero-order valence-corrected chi connectivity index (χ0v) is 70.7. The van der Waals surface area contributed by atoms with Gasteiger partial charge in [-0.3, -0.25) is 0 Å². The normalized spacial score (nSPS) is 22.7. The zero-order valence-electron chi connectivity index (χ0n) is 67.1. The van der Waals surface area contributed by atoms with E-state index in [-0.39, 0.29) is 106 Å². The van der Waals surface area contributed by atoms with Gasteiger partial charge in [0.2, 0.25) is 0 Å². The Morgan fingerprint density at radius 3 is 0.773 bits per heavy atom. The van der Waals surface area contributed by atoms with E-state index >= 15 is 0 Å². The Balaban J connectivity index is 0.000000297. The zero-order chi connectivity index (χ0) is 70.3. The number of benzene rings is 6. The van der Waals surface area contributed by atoms with Crippen molar-refractivity contribution in [3.8, 4) is 0 Å². The van der Waals surface area contributed by atoms with Crippen LogP contribution in [0, 0.1) is 58.2 Å². The summed E-state index contributed by atoms with van der Waals surface area (Å²) in [6.07, 6.45) is 7.42. The van der Waals surface area contributed by atoms with E-state index in [0.717, 1.165) is 48.0 Å². The second-order valence-electron chi connectivity index (χ2n) is 40.1. The maximum absolute atomic E-state index is 12.9. The fourth-order valence-corrected chi connectivity index (χ4v) is 18.8. The van der Waals surface area contributed by atoms with E-state index in [1.54, 1.807) is 0 Å². The maximum atomic E-state index is 12.9. The smallest absolute Gasteiger partial charge is 0.103 e. The van der Waals surface area contributed by atoms with E-state index in [1.165, 1.54) is 65.9 Å². The topological polar surface area (TPSA) is 50.3 Å². The van der Waals surface area contributed by atoms with E-state index in [2.05, 4.69) is 362 Å². The number of aliphatic hydroxyl groups excluding tert-OH is 2. The molecule has 0 spiro atoms. The first-order chi connectivity index (χ1) is 42.6. The van der Waals surface area contributed by atoms with E-state index in [0.29, 0.717) is 0 Å². The average Bonchev–Trinajstić information content (AvgIpc) is 1.69. The standard InChI is InChI=1S/2C45H63NO.2CH3.Hf/c2*1-39(2,3)28-43(13,14)45(42(10,11)12)27-35(30-19-17-16-18-20-30)38(47)44(15,29-45)46-36-23-21-31(40(4,5)6)25-33(36)34-26-32(41(7,8)9)22-24-37(34)46;;;/h2*16-27,38,47H,28-29H2,1-15H3;2*1H3;/q;;2*-1;. The quantitative estimate of drug-likeness (QED) is 0.118.